The number of unbranched alkanes of at least 4 members (excludes halogenated alkanes) is 44. The highest BCUT2D eigenvalue weighted by atomic mass is 31.2. The molecular weight excluding hydrogens is 1280 g/mol. The first-order valence-electron chi connectivity index (χ1n) is 40.9. The highest BCUT2D eigenvalue weighted by Crippen LogP contribution is 2.45. The Kier molecular flexibility index (Phi) is 68.1. The Hall–Kier alpha value is -1.94. The molecule has 0 aliphatic heterocycles. The number of carbonyl (C=O) groups excluding carboxylic acids is 4. The van der Waals surface area contributed by atoms with Crippen LogP contribution in [0.15, 0.2) is 0 Å². The van der Waals surface area contributed by atoms with Gasteiger partial charge in [-0.15, -0.1) is 0 Å². The number of ether oxygens (including phenoxy) is 4. The minimum Gasteiger partial charge on any atom is -0.462 e. The van der Waals surface area contributed by atoms with Crippen molar-refractivity contribution in [2.45, 2.75) is 426 Å². The third kappa shape index (κ3) is 71.1. The van der Waals surface area contributed by atoms with Crippen molar-refractivity contribution in [1.82, 2.24) is 0 Å². The van der Waals surface area contributed by atoms with Crippen molar-refractivity contribution in [1.29, 1.82) is 0 Å². The van der Waals surface area contributed by atoms with Crippen molar-refractivity contribution < 1.29 is 80.2 Å². The summed E-state index contributed by atoms with van der Waals surface area (Å²) in [6, 6.07) is 0. The highest BCUT2D eigenvalue weighted by Gasteiger charge is 2.30. The lowest BCUT2D eigenvalue weighted by atomic mass is 9.99. The van der Waals surface area contributed by atoms with Crippen LogP contribution in [-0.2, 0) is 65.4 Å². The van der Waals surface area contributed by atoms with E-state index >= 15 is 0 Å². The molecule has 0 saturated carbocycles. The molecule has 0 rings (SSSR count). The van der Waals surface area contributed by atoms with Crippen molar-refractivity contribution in [3.05, 3.63) is 0 Å². The first-order chi connectivity index (χ1) is 47.3. The monoisotopic (exact) mass is 1440 g/mol. The molecule has 0 aromatic heterocycles. The lowest BCUT2D eigenvalue weighted by Gasteiger charge is -2.21. The lowest BCUT2D eigenvalue weighted by molar-refractivity contribution is -0.161. The summed E-state index contributed by atoms with van der Waals surface area (Å²) in [6.07, 6.45) is 56.9. The van der Waals surface area contributed by atoms with E-state index in [4.69, 9.17) is 37.0 Å². The van der Waals surface area contributed by atoms with E-state index in [1.54, 1.807) is 0 Å². The molecule has 0 radical (unpaired) electrons. The van der Waals surface area contributed by atoms with E-state index in [-0.39, 0.29) is 25.7 Å². The molecule has 0 heterocycles. The quantitative estimate of drug-likeness (QED) is 0.0222. The van der Waals surface area contributed by atoms with Gasteiger partial charge < -0.3 is 33.8 Å². The van der Waals surface area contributed by atoms with Crippen molar-refractivity contribution in [2.24, 2.45) is 17.8 Å². The highest BCUT2D eigenvalue weighted by molar-refractivity contribution is 7.47. The van der Waals surface area contributed by atoms with Crippen molar-refractivity contribution in [3.8, 4) is 0 Å². The first-order valence-corrected chi connectivity index (χ1v) is 43.9. The fraction of sp³-hybridized carbons (Fsp3) is 0.949. The van der Waals surface area contributed by atoms with Crippen LogP contribution in [0.2, 0.25) is 0 Å². The number of hydrogen-bond donors (Lipinski definition) is 3. The molecule has 0 aliphatic carbocycles. The Morgan fingerprint density at radius 3 is 0.776 bits per heavy atom. The van der Waals surface area contributed by atoms with Crippen LogP contribution >= 0.6 is 15.6 Å². The number of rotatable bonds is 77. The molecule has 0 spiro atoms. The van der Waals surface area contributed by atoms with Crippen LogP contribution < -0.4 is 0 Å². The van der Waals surface area contributed by atoms with Gasteiger partial charge in [-0.2, -0.15) is 0 Å². The number of phosphoric ester groups is 2. The second-order valence-corrected chi connectivity index (χ2v) is 32.6. The summed E-state index contributed by atoms with van der Waals surface area (Å²) in [7, 11) is -9.92. The molecule has 0 bridgehead atoms. The summed E-state index contributed by atoms with van der Waals surface area (Å²) in [4.78, 5) is 72.9. The van der Waals surface area contributed by atoms with E-state index in [0.717, 1.165) is 108 Å². The molecule has 3 unspecified atom stereocenters. The number of esters is 4. The number of aliphatic hydroxyl groups is 1. The molecule has 3 N–H and O–H groups in total. The second kappa shape index (κ2) is 69.4. The van der Waals surface area contributed by atoms with Crippen molar-refractivity contribution >= 4 is 39.5 Å². The topological polar surface area (TPSA) is 237 Å². The zero-order valence-electron chi connectivity index (χ0n) is 64.3. The van der Waals surface area contributed by atoms with E-state index in [1.165, 1.54) is 212 Å². The SMILES string of the molecule is CCCCCCCCCCCCCCCC(=O)O[C@H](COC(=O)CCCCCCCCCC(C)C)COP(=O)(O)OC[C@H](O)COP(=O)(O)OC[C@@H](COC(=O)CCCCCCCCCCCCC(C)C)OC(=O)CCCCCCCCCCCCCCCCCCCCC(C)CC. The van der Waals surface area contributed by atoms with Gasteiger partial charge in [0.25, 0.3) is 0 Å². The second-order valence-electron chi connectivity index (χ2n) is 29.6. The zero-order chi connectivity index (χ0) is 72.3. The molecule has 582 valence electrons. The molecule has 0 saturated heterocycles. The number of hydrogen-bond acceptors (Lipinski definition) is 15. The van der Waals surface area contributed by atoms with Gasteiger partial charge in [0.15, 0.2) is 12.2 Å². The van der Waals surface area contributed by atoms with Gasteiger partial charge in [-0.1, -0.05) is 357 Å². The van der Waals surface area contributed by atoms with Gasteiger partial charge >= 0.3 is 39.5 Å². The summed E-state index contributed by atoms with van der Waals surface area (Å²) < 4.78 is 68.6. The molecule has 0 fully saturated rings. The predicted octanol–water partition coefficient (Wildman–Crippen LogP) is 23.4. The predicted molar refractivity (Wildman–Crippen MR) is 400 cm³/mol. The fourth-order valence-corrected chi connectivity index (χ4v) is 13.7. The van der Waals surface area contributed by atoms with E-state index in [9.17, 15) is 43.2 Å². The molecule has 0 aliphatic rings. The third-order valence-corrected chi connectivity index (χ3v) is 20.6. The average molecular weight is 1440 g/mol. The largest absolute Gasteiger partial charge is 0.472 e. The smallest absolute Gasteiger partial charge is 0.462 e. The Morgan fingerprint density at radius 2 is 0.520 bits per heavy atom. The van der Waals surface area contributed by atoms with Gasteiger partial charge in [0, 0.05) is 25.7 Å². The van der Waals surface area contributed by atoms with Crippen molar-refractivity contribution in [3.63, 3.8) is 0 Å². The fourth-order valence-electron chi connectivity index (χ4n) is 12.1. The van der Waals surface area contributed by atoms with Crippen LogP contribution in [0, 0.1) is 17.8 Å². The maximum absolute atomic E-state index is 13.1. The standard InChI is InChI=1S/C79H154O17P2/c1-8-10-11-12-13-14-15-22-26-33-40-48-55-62-78(83)96-75(67-90-77(82)61-54-47-42-35-37-44-51-58-71(5)6)69-94-98(87,88)92-65-73(80)64-91-97(85,86)93-68-74(66-89-76(81)60-53-46-39-32-29-28-30-36-43-50-57-70(3)4)95-79(84)63-56-49-41-34-27-24-21-19-17-16-18-20-23-25-31-38-45-52-59-72(7)9-2/h70-75,80H,8-69H2,1-7H3,(H,85,86)(H,87,88)/t72?,73-,74-,75-/m1/s1. The number of phosphoric acid groups is 2. The van der Waals surface area contributed by atoms with Crippen LogP contribution in [0.1, 0.15) is 408 Å². The number of aliphatic hydroxyl groups excluding tert-OH is 1. The molecule has 0 aromatic carbocycles. The summed E-state index contributed by atoms with van der Waals surface area (Å²) in [6.45, 7) is 11.9. The minimum atomic E-state index is -4.96. The first kappa shape index (κ1) is 96.1. The molecule has 6 atom stereocenters. The maximum atomic E-state index is 13.1. The van der Waals surface area contributed by atoms with E-state index < -0.39 is 97.5 Å². The normalized spacial score (nSPS) is 14.3. The van der Waals surface area contributed by atoms with Gasteiger partial charge in [0.2, 0.25) is 0 Å². The van der Waals surface area contributed by atoms with Gasteiger partial charge in [-0.3, -0.25) is 37.3 Å². The Labute approximate surface area is 600 Å². The summed E-state index contributed by atoms with van der Waals surface area (Å²) in [5, 5.41) is 10.6. The van der Waals surface area contributed by atoms with Gasteiger partial charge in [0.05, 0.1) is 26.4 Å². The van der Waals surface area contributed by atoms with Gasteiger partial charge in [0.1, 0.15) is 19.3 Å². The number of carbonyl (C=O) groups is 4. The molecule has 0 aromatic rings. The van der Waals surface area contributed by atoms with Crippen LogP contribution in [0.4, 0.5) is 0 Å². The average Bonchev–Trinajstić information content (AvgIpc) is 1.01. The molecule has 98 heavy (non-hydrogen) atoms. The maximum Gasteiger partial charge on any atom is 0.472 e. The van der Waals surface area contributed by atoms with Gasteiger partial charge in [-0.25, -0.2) is 9.13 Å². The molecular formula is C79H154O17P2. The Morgan fingerprint density at radius 1 is 0.296 bits per heavy atom. The van der Waals surface area contributed by atoms with E-state index in [1.807, 2.05) is 0 Å². The van der Waals surface area contributed by atoms with Gasteiger partial charge in [-0.05, 0) is 43.4 Å². The van der Waals surface area contributed by atoms with Crippen LogP contribution in [0.5, 0.6) is 0 Å². The van der Waals surface area contributed by atoms with Crippen LogP contribution in [0.25, 0.3) is 0 Å². The van der Waals surface area contributed by atoms with E-state index in [0.29, 0.717) is 31.6 Å². The molecule has 17 nitrogen and oxygen atoms in total. The Bertz CT molecular complexity index is 1910. The minimum absolute atomic E-state index is 0.107. The molecule has 19 heteroatoms. The van der Waals surface area contributed by atoms with Crippen molar-refractivity contribution in [2.75, 3.05) is 39.6 Å². The lowest BCUT2D eigenvalue weighted by Crippen LogP contribution is -2.30. The zero-order valence-corrected chi connectivity index (χ0v) is 66.0. The third-order valence-electron chi connectivity index (χ3n) is 18.7. The summed E-state index contributed by atoms with van der Waals surface area (Å²) >= 11 is 0. The molecule has 0 amide bonds. The van der Waals surface area contributed by atoms with E-state index in [2.05, 4.69) is 48.5 Å². The Balaban J connectivity index is 5.20. The summed E-state index contributed by atoms with van der Waals surface area (Å²) in [5.41, 5.74) is 0. The van der Waals surface area contributed by atoms with Crippen LogP contribution in [-0.4, -0.2) is 96.7 Å². The summed E-state index contributed by atoms with van der Waals surface area (Å²) in [5.74, 6) is 0.220. The van der Waals surface area contributed by atoms with Crippen LogP contribution in [0.3, 0.4) is 0 Å².